The standard InChI is InChI=1S/C24H27FN4O4S/c1-28-16-13-26-23(28)22(20-5-3-4-6-21(20)33-2)27-24(30)17-11-14-29(15-12-17)34(31,32)19-9-7-18(25)8-10-19/h3-10,13,16-17,22H,11-12,14-15H2,1-2H3,(H,27,30). The van der Waals surface area contributed by atoms with E-state index in [-0.39, 0.29) is 29.8 Å². The number of aryl methyl sites for hydroxylation is 1. The van der Waals surface area contributed by atoms with Crippen molar-refractivity contribution in [2.75, 3.05) is 20.2 Å². The largest absolute Gasteiger partial charge is 0.496 e. The summed E-state index contributed by atoms with van der Waals surface area (Å²) >= 11 is 0. The minimum absolute atomic E-state index is 0.0443. The molecule has 0 saturated carbocycles. The SMILES string of the molecule is COc1ccccc1C(NC(=O)C1CCN(S(=O)(=O)c2ccc(F)cc2)CC1)c1nccn1C. The van der Waals surface area contributed by atoms with Crippen LogP contribution in [0.1, 0.15) is 30.3 Å². The van der Waals surface area contributed by atoms with Crippen LogP contribution in [0.15, 0.2) is 65.8 Å². The first-order valence-corrected chi connectivity index (χ1v) is 12.4. The first-order valence-electron chi connectivity index (χ1n) is 11.0. The summed E-state index contributed by atoms with van der Waals surface area (Å²) in [6, 6.07) is 11.7. The van der Waals surface area contributed by atoms with Gasteiger partial charge in [0.2, 0.25) is 15.9 Å². The second-order valence-electron chi connectivity index (χ2n) is 8.21. The number of ether oxygens (including phenoxy) is 1. The lowest BCUT2D eigenvalue weighted by molar-refractivity contribution is -0.126. The summed E-state index contributed by atoms with van der Waals surface area (Å²) in [7, 11) is -0.305. The predicted octanol–water partition coefficient (Wildman–Crippen LogP) is 2.87. The van der Waals surface area contributed by atoms with E-state index in [4.69, 9.17) is 4.74 Å². The van der Waals surface area contributed by atoms with Crippen molar-refractivity contribution in [1.29, 1.82) is 0 Å². The number of halogens is 1. The Bertz CT molecular complexity index is 1250. The number of amides is 1. The average Bonchev–Trinajstić information content (AvgIpc) is 3.28. The molecule has 8 nitrogen and oxygen atoms in total. The minimum Gasteiger partial charge on any atom is -0.496 e. The number of methoxy groups -OCH3 is 1. The van der Waals surface area contributed by atoms with E-state index < -0.39 is 21.9 Å². The highest BCUT2D eigenvalue weighted by Gasteiger charge is 2.34. The summed E-state index contributed by atoms with van der Waals surface area (Å²) in [5.41, 5.74) is 0.781. The van der Waals surface area contributed by atoms with Gasteiger partial charge in [0.1, 0.15) is 23.4 Å². The summed E-state index contributed by atoms with van der Waals surface area (Å²) < 4.78 is 47.6. The number of para-hydroxylation sites is 1. The zero-order valence-electron chi connectivity index (χ0n) is 19.0. The molecule has 1 saturated heterocycles. The topological polar surface area (TPSA) is 93.5 Å². The van der Waals surface area contributed by atoms with E-state index in [1.165, 1.54) is 16.4 Å². The number of carbonyl (C=O) groups is 1. The normalized spacial score (nSPS) is 16.2. The van der Waals surface area contributed by atoms with Gasteiger partial charge >= 0.3 is 0 Å². The van der Waals surface area contributed by atoms with Gasteiger partial charge in [0.15, 0.2) is 0 Å². The third kappa shape index (κ3) is 4.83. The van der Waals surface area contributed by atoms with Crippen LogP contribution in [0.4, 0.5) is 4.39 Å². The van der Waals surface area contributed by atoms with E-state index in [2.05, 4.69) is 10.3 Å². The molecular formula is C24H27FN4O4S. The highest BCUT2D eigenvalue weighted by Crippen LogP contribution is 2.30. The number of benzene rings is 2. The molecule has 0 radical (unpaired) electrons. The van der Waals surface area contributed by atoms with E-state index >= 15 is 0 Å². The fourth-order valence-electron chi connectivity index (χ4n) is 4.22. The molecule has 34 heavy (non-hydrogen) atoms. The van der Waals surface area contributed by atoms with Crippen molar-refractivity contribution in [3.05, 3.63) is 78.1 Å². The molecule has 1 amide bonds. The van der Waals surface area contributed by atoms with Crippen LogP contribution in [-0.2, 0) is 21.9 Å². The molecular weight excluding hydrogens is 459 g/mol. The van der Waals surface area contributed by atoms with Crippen LogP contribution in [0.3, 0.4) is 0 Å². The lowest BCUT2D eigenvalue weighted by Crippen LogP contribution is -2.44. The van der Waals surface area contributed by atoms with Gasteiger partial charge in [-0.05, 0) is 43.2 Å². The van der Waals surface area contributed by atoms with Crippen LogP contribution in [0.25, 0.3) is 0 Å². The van der Waals surface area contributed by atoms with Crippen LogP contribution in [0.5, 0.6) is 5.75 Å². The van der Waals surface area contributed by atoms with E-state index in [9.17, 15) is 17.6 Å². The van der Waals surface area contributed by atoms with E-state index in [1.807, 2.05) is 42.1 Å². The molecule has 1 aromatic heterocycles. The Morgan fingerprint density at radius 2 is 1.82 bits per heavy atom. The lowest BCUT2D eigenvalue weighted by Gasteiger charge is -2.31. The summed E-state index contributed by atoms with van der Waals surface area (Å²) in [5, 5.41) is 3.10. The van der Waals surface area contributed by atoms with Crippen molar-refractivity contribution in [3.8, 4) is 5.75 Å². The number of piperidine rings is 1. The Morgan fingerprint density at radius 1 is 1.15 bits per heavy atom. The van der Waals surface area contributed by atoms with Crippen molar-refractivity contribution in [1.82, 2.24) is 19.2 Å². The molecule has 0 aliphatic carbocycles. The Morgan fingerprint density at radius 3 is 2.44 bits per heavy atom. The smallest absolute Gasteiger partial charge is 0.243 e. The molecule has 0 spiro atoms. The number of nitrogens with one attached hydrogen (secondary N) is 1. The average molecular weight is 487 g/mol. The summed E-state index contributed by atoms with van der Waals surface area (Å²) in [5.74, 6) is 0.284. The summed E-state index contributed by atoms with van der Waals surface area (Å²) in [4.78, 5) is 17.7. The molecule has 1 aliphatic heterocycles. The Hall–Kier alpha value is -3.24. The van der Waals surface area contributed by atoms with Gasteiger partial charge in [-0.2, -0.15) is 4.31 Å². The first-order chi connectivity index (χ1) is 16.3. The fourth-order valence-corrected chi connectivity index (χ4v) is 5.69. The third-order valence-corrected chi connectivity index (χ3v) is 8.04. The minimum atomic E-state index is -3.74. The fraction of sp³-hybridized carbons (Fsp3) is 0.333. The summed E-state index contributed by atoms with van der Waals surface area (Å²) in [6.07, 6.45) is 4.24. The van der Waals surface area contributed by atoms with Crippen LogP contribution in [-0.4, -0.2) is 48.4 Å². The van der Waals surface area contributed by atoms with Crippen LogP contribution >= 0.6 is 0 Å². The van der Waals surface area contributed by atoms with Crippen LogP contribution in [0, 0.1) is 11.7 Å². The maximum absolute atomic E-state index is 13.3. The molecule has 1 aliphatic rings. The van der Waals surface area contributed by atoms with Crippen molar-refractivity contribution >= 4 is 15.9 Å². The van der Waals surface area contributed by atoms with Gasteiger partial charge in [-0.1, -0.05) is 18.2 Å². The molecule has 0 bridgehead atoms. The van der Waals surface area contributed by atoms with Crippen molar-refractivity contribution in [2.24, 2.45) is 13.0 Å². The van der Waals surface area contributed by atoms with E-state index in [0.29, 0.717) is 24.4 Å². The van der Waals surface area contributed by atoms with E-state index in [1.54, 1.807) is 13.3 Å². The number of nitrogens with zero attached hydrogens (tertiary/aromatic N) is 3. The number of sulfonamides is 1. The highest BCUT2D eigenvalue weighted by molar-refractivity contribution is 7.89. The Kier molecular flexibility index (Phi) is 6.99. The molecule has 1 unspecified atom stereocenters. The maximum Gasteiger partial charge on any atom is 0.243 e. The number of carbonyl (C=O) groups excluding carboxylic acids is 1. The van der Waals surface area contributed by atoms with Crippen LogP contribution in [0.2, 0.25) is 0 Å². The maximum atomic E-state index is 13.3. The molecule has 2 aromatic carbocycles. The second kappa shape index (κ2) is 9.94. The molecule has 180 valence electrons. The van der Waals surface area contributed by atoms with Crippen LogP contribution < -0.4 is 10.1 Å². The number of imidazole rings is 1. The number of aromatic nitrogens is 2. The molecule has 2 heterocycles. The first kappa shape index (κ1) is 23.9. The van der Waals surface area contributed by atoms with Gasteiger partial charge in [0.25, 0.3) is 0 Å². The quantitative estimate of drug-likeness (QED) is 0.554. The van der Waals surface area contributed by atoms with Gasteiger partial charge in [0, 0.05) is 44.0 Å². The van der Waals surface area contributed by atoms with Crippen molar-refractivity contribution < 1.29 is 22.3 Å². The van der Waals surface area contributed by atoms with Gasteiger partial charge in [-0.3, -0.25) is 4.79 Å². The number of rotatable bonds is 7. The molecule has 3 aromatic rings. The molecule has 4 rings (SSSR count). The second-order valence-corrected chi connectivity index (χ2v) is 10.2. The lowest BCUT2D eigenvalue weighted by atomic mass is 9.96. The Balaban J connectivity index is 1.48. The predicted molar refractivity (Wildman–Crippen MR) is 124 cm³/mol. The Labute approximate surface area is 198 Å². The zero-order chi connectivity index (χ0) is 24.3. The highest BCUT2D eigenvalue weighted by atomic mass is 32.2. The van der Waals surface area contributed by atoms with Gasteiger partial charge in [0.05, 0.1) is 12.0 Å². The molecule has 1 atom stereocenters. The molecule has 10 heteroatoms. The van der Waals surface area contributed by atoms with Gasteiger partial charge in [-0.15, -0.1) is 0 Å². The van der Waals surface area contributed by atoms with Crippen molar-refractivity contribution in [2.45, 2.75) is 23.8 Å². The van der Waals surface area contributed by atoms with Crippen molar-refractivity contribution in [3.63, 3.8) is 0 Å². The number of hydrogen-bond acceptors (Lipinski definition) is 5. The summed E-state index contributed by atoms with van der Waals surface area (Å²) in [6.45, 7) is 0.416. The zero-order valence-corrected chi connectivity index (χ0v) is 19.8. The third-order valence-electron chi connectivity index (χ3n) is 6.13. The monoisotopic (exact) mass is 486 g/mol. The van der Waals surface area contributed by atoms with Gasteiger partial charge in [-0.25, -0.2) is 17.8 Å². The van der Waals surface area contributed by atoms with Gasteiger partial charge < -0.3 is 14.6 Å². The van der Waals surface area contributed by atoms with E-state index in [0.717, 1.165) is 17.7 Å². The molecule has 1 N–H and O–H groups in total. The molecule has 1 fully saturated rings. The number of hydrogen-bond donors (Lipinski definition) is 1.